The molecule has 1 amide bonds. The first-order valence-corrected chi connectivity index (χ1v) is 12.1. The van der Waals surface area contributed by atoms with Crippen LogP contribution in [0.1, 0.15) is 35.6 Å². The van der Waals surface area contributed by atoms with Gasteiger partial charge in [-0.05, 0) is 18.2 Å². The van der Waals surface area contributed by atoms with Gasteiger partial charge in [0.25, 0.3) is 0 Å². The van der Waals surface area contributed by atoms with E-state index in [2.05, 4.69) is 10.1 Å². The number of rotatable bonds is 9. The monoisotopic (exact) mass is 534 g/mol. The number of nitrogens with zero attached hydrogens (tertiary/aromatic N) is 4. The molecule has 0 atom stereocenters. The van der Waals surface area contributed by atoms with Crippen molar-refractivity contribution in [1.29, 1.82) is 0 Å². The predicted octanol–water partition coefficient (Wildman–Crippen LogP) is 3.13. The topological polar surface area (TPSA) is 107 Å². The van der Waals surface area contributed by atoms with Gasteiger partial charge >= 0.3 is 6.18 Å². The highest BCUT2D eigenvalue weighted by molar-refractivity contribution is 5.97. The van der Waals surface area contributed by atoms with E-state index in [-0.39, 0.29) is 37.8 Å². The van der Waals surface area contributed by atoms with E-state index in [1.165, 1.54) is 10.7 Å². The molecule has 0 aliphatic carbocycles. The number of ether oxygens (including phenoxy) is 2. The van der Waals surface area contributed by atoms with Crippen molar-refractivity contribution in [2.24, 2.45) is 5.41 Å². The largest absolute Gasteiger partial charge is 0.493 e. The molecule has 0 bridgehead atoms. The average Bonchev–Trinajstić information content (AvgIpc) is 3.28. The number of hydrogen-bond donors (Lipinski definition) is 1. The van der Waals surface area contributed by atoms with Crippen molar-refractivity contribution in [3.63, 3.8) is 0 Å². The molecule has 0 unspecified atom stereocenters. The van der Waals surface area contributed by atoms with Gasteiger partial charge in [0.05, 0.1) is 31.9 Å². The van der Waals surface area contributed by atoms with E-state index in [0.29, 0.717) is 48.5 Å². The number of aliphatic hydroxyl groups is 1. The van der Waals surface area contributed by atoms with E-state index in [1.54, 1.807) is 37.1 Å². The molecule has 0 saturated carbocycles. The normalized spacial score (nSPS) is 14.6. The van der Waals surface area contributed by atoms with Gasteiger partial charge < -0.3 is 19.5 Å². The van der Waals surface area contributed by atoms with E-state index in [9.17, 15) is 27.9 Å². The van der Waals surface area contributed by atoms with Gasteiger partial charge in [-0.2, -0.15) is 18.3 Å². The third-order valence-corrected chi connectivity index (χ3v) is 6.12. The fraction of sp³-hybridized carbons (Fsp3) is 0.462. The lowest BCUT2D eigenvalue weighted by Crippen LogP contribution is -2.42. The van der Waals surface area contributed by atoms with Crippen molar-refractivity contribution in [2.75, 3.05) is 39.5 Å². The van der Waals surface area contributed by atoms with Crippen molar-refractivity contribution in [1.82, 2.24) is 19.7 Å². The Hall–Kier alpha value is -3.51. The fourth-order valence-electron chi connectivity index (χ4n) is 3.89. The van der Waals surface area contributed by atoms with Crippen LogP contribution in [0, 0.1) is 5.41 Å². The van der Waals surface area contributed by atoms with Crippen LogP contribution < -0.4 is 4.74 Å². The molecule has 204 valence electrons. The van der Waals surface area contributed by atoms with Crippen LogP contribution in [-0.4, -0.2) is 76.0 Å². The second-order valence-electron chi connectivity index (χ2n) is 9.96. The standard InChI is InChI=1S/C26H29F3N4O5/c1-25(2,15-34)16-38-22-12-20-18(13-33(31-20)14-24(36)32-6-8-37-9-7-32)10-17(22)11-21(35)19-4-3-5-23(30-19)26(27,28)29/h3-5,10,12-13,34H,6-9,11,14-16H2,1-2H3. The van der Waals surface area contributed by atoms with Gasteiger partial charge in [0.1, 0.15) is 23.7 Å². The van der Waals surface area contributed by atoms with Crippen molar-refractivity contribution in [3.05, 3.63) is 53.5 Å². The first-order chi connectivity index (χ1) is 17.9. The number of amides is 1. The average molecular weight is 535 g/mol. The molecule has 3 heterocycles. The summed E-state index contributed by atoms with van der Waals surface area (Å²) >= 11 is 0. The Morgan fingerprint density at radius 1 is 1.16 bits per heavy atom. The molecule has 0 spiro atoms. The van der Waals surface area contributed by atoms with Crippen LogP contribution >= 0.6 is 0 Å². The van der Waals surface area contributed by atoms with E-state index in [4.69, 9.17) is 9.47 Å². The third-order valence-electron chi connectivity index (χ3n) is 6.12. The lowest BCUT2D eigenvalue weighted by molar-refractivity contribution is -0.141. The molecular weight excluding hydrogens is 505 g/mol. The number of ketones is 1. The second-order valence-corrected chi connectivity index (χ2v) is 9.96. The number of benzene rings is 1. The van der Waals surface area contributed by atoms with Crippen LogP contribution in [0.25, 0.3) is 10.9 Å². The quantitative estimate of drug-likeness (QED) is 0.421. The molecule has 0 radical (unpaired) electrons. The summed E-state index contributed by atoms with van der Waals surface area (Å²) in [7, 11) is 0. The molecule has 38 heavy (non-hydrogen) atoms. The van der Waals surface area contributed by atoms with Crippen molar-refractivity contribution in [2.45, 2.75) is 33.0 Å². The third kappa shape index (κ3) is 6.67. The number of pyridine rings is 1. The van der Waals surface area contributed by atoms with Gasteiger partial charge in [0.15, 0.2) is 5.78 Å². The number of halogens is 3. The minimum absolute atomic E-state index is 0.0187. The van der Waals surface area contributed by atoms with Gasteiger partial charge in [-0.3, -0.25) is 14.3 Å². The molecule has 1 aliphatic heterocycles. The molecule has 1 aliphatic rings. The summed E-state index contributed by atoms with van der Waals surface area (Å²) in [5.41, 5.74) is -1.10. The molecule has 2 aromatic heterocycles. The summed E-state index contributed by atoms with van der Waals surface area (Å²) in [5.74, 6) is -0.408. The van der Waals surface area contributed by atoms with Crippen LogP contribution in [0.5, 0.6) is 5.75 Å². The molecule has 4 rings (SSSR count). The van der Waals surface area contributed by atoms with Gasteiger partial charge in [-0.15, -0.1) is 0 Å². The molecular formula is C26H29F3N4O5. The van der Waals surface area contributed by atoms with E-state index in [0.717, 1.165) is 12.1 Å². The molecule has 1 fully saturated rings. The van der Waals surface area contributed by atoms with Gasteiger partial charge in [-0.25, -0.2) is 4.98 Å². The Kier molecular flexibility index (Phi) is 8.02. The fourth-order valence-corrected chi connectivity index (χ4v) is 3.89. The number of aliphatic hydroxyl groups excluding tert-OH is 1. The van der Waals surface area contributed by atoms with Crippen LogP contribution in [0.4, 0.5) is 13.2 Å². The number of fused-ring (bicyclic) bond motifs is 1. The highest BCUT2D eigenvalue weighted by atomic mass is 19.4. The molecule has 3 aromatic rings. The first kappa shape index (κ1) is 27.5. The molecule has 1 N–H and O–H groups in total. The molecule has 1 aromatic carbocycles. The summed E-state index contributed by atoms with van der Waals surface area (Å²) in [6.45, 7) is 5.58. The number of Topliss-reactive ketones (excluding diaryl/α,β-unsaturated/α-hetero) is 1. The Morgan fingerprint density at radius 3 is 2.58 bits per heavy atom. The lowest BCUT2D eigenvalue weighted by atomic mass is 9.96. The van der Waals surface area contributed by atoms with Gasteiger partial charge in [-0.1, -0.05) is 19.9 Å². The summed E-state index contributed by atoms with van der Waals surface area (Å²) in [4.78, 5) is 30.8. The van der Waals surface area contributed by atoms with Crippen LogP contribution in [0.2, 0.25) is 0 Å². The zero-order chi connectivity index (χ0) is 27.5. The Morgan fingerprint density at radius 2 is 1.89 bits per heavy atom. The molecule has 1 saturated heterocycles. The lowest BCUT2D eigenvalue weighted by Gasteiger charge is -2.26. The number of carbonyl (C=O) groups is 2. The summed E-state index contributed by atoms with van der Waals surface area (Å²) < 4.78 is 52.0. The van der Waals surface area contributed by atoms with Crippen LogP contribution in [-0.2, 0) is 28.7 Å². The maximum Gasteiger partial charge on any atom is 0.433 e. The van der Waals surface area contributed by atoms with Gasteiger partial charge in [0, 0.05) is 48.1 Å². The minimum Gasteiger partial charge on any atom is -0.493 e. The van der Waals surface area contributed by atoms with Crippen molar-refractivity contribution < 1.29 is 37.3 Å². The minimum atomic E-state index is -4.67. The second kappa shape index (κ2) is 11.1. The Bertz CT molecular complexity index is 1320. The molecule has 12 heteroatoms. The maximum absolute atomic E-state index is 13.1. The maximum atomic E-state index is 13.1. The summed E-state index contributed by atoms with van der Waals surface area (Å²) in [6, 6.07) is 6.48. The number of morpholine rings is 1. The van der Waals surface area contributed by atoms with E-state index in [1.807, 2.05) is 0 Å². The smallest absolute Gasteiger partial charge is 0.433 e. The zero-order valence-electron chi connectivity index (χ0n) is 21.1. The number of carbonyl (C=O) groups excluding carboxylic acids is 2. The first-order valence-electron chi connectivity index (χ1n) is 12.1. The van der Waals surface area contributed by atoms with Gasteiger partial charge in [0.2, 0.25) is 5.91 Å². The summed E-state index contributed by atoms with van der Waals surface area (Å²) in [6.07, 6.45) is -3.27. The highest BCUT2D eigenvalue weighted by Crippen LogP contribution is 2.30. The Labute approximate surface area is 217 Å². The number of aromatic nitrogens is 3. The number of hydrogen-bond acceptors (Lipinski definition) is 7. The van der Waals surface area contributed by atoms with Crippen LogP contribution in [0.3, 0.4) is 0 Å². The zero-order valence-corrected chi connectivity index (χ0v) is 21.1. The SMILES string of the molecule is CC(C)(CO)COc1cc2nn(CC(=O)N3CCOCC3)cc2cc1CC(=O)c1cccc(C(F)(F)F)n1. The van der Waals surface area contributed by atoms with Crippen molar-refractivity contribution in [3.8, 4) is 5.75 Å². The van der Waals surface area contributed by atoms with Crippen molar-refractivity contribution >= 4 is 22.6 Å². The van der Waals surface area contributed by atoms with Crippen LogP contribution in [0.15, 0.2) is 36.5 Å². The Balaban J connectivity index is 1.62. The predicted molar refractivity (Wildman–Crippen MR) is 131 cm³/mol. The highest BCUT2D eigenvalue weighted by Gasteiger charge is 2.33. The summed E-state index contributed by atoms with van der Waals surface area (Å²) in [5, 5.41) is 14.7. The molecule has 9 nitrogen and oxygen atoms in total. The van der Waals surface area contributed by atoms with E-state index < -0.39 is 23.1 Å². The van der Waals surface area contributed by atoms with E-state index >= 15 is 0 Å². The number of alkyl halides is 3.